The van der Waals surface area contributed by atoms with Gasteiger partial charge in [-0.1, -0.05) is 42.8 Å². The molecule has 0 bridgehead atoms. The van der Waals surface area contributed by atoms with Gasteiger partial charge in [-0.2, -0.15) is 0 Å². The fourth-order valence-electron chi connectivity index (χ4n) is 1.39. The van der Waals surface area contributed by atoms with Gasteiger partial charge in [-0.05, 0) is 23.6 Å². The lowest BCUT2D eigenvalue weighted by atomic mass is 10.1. The molecule has 2 unspecified atom stereocenters. The lowest BCUT2D eigenvalue weighted by Gasteiger charge is -2.15. The zero-order chi connectivity index (χ0) is 13.9. The standard InChI is InChI=1S/C13H17BrO3S/c1-8(2)9(3)18(17)7-11-5-4-10(13(15)16)6-12(11)14/h4-6,8-9H,7H2,1-3H3,(H,15,16). The minimum atomic E-state index is -0.959. The van der Waals surface area contributed by atoms with Crippen molar-refractivity contribution in [3.05, 3.63) is 33.8 Å². The van der Waals surface area contributed by atoms with Crippen LogP contribution in [0.25, 0.3) is 0 Å². The number of aromatic carboxylic acids is 1. The lowest BCUT2D eigenvalue weighted by Crippen LogP contribution is -2.19. The molecule has 5 heteroatoms. The molecule has 18 heavy (non-hydrogen) atoms. The van der Waals surface area contributed by atoms with Crippen molar-refractivity contribution in [2.75, 3.05) is 0 Å². The van der Waals surface area contributed by atoms with Crippen LogP contribution in [-0.2, 0) is 16.6 Å². The molecular weight excluding hydrogens is 316 g/mol. The number of benzene rings is 1. The maximum absolute atomic E-state index is 12.1. The monoisotopic (exact) mass is 332 g/mol. The van der Waals surface area contributed by atoms with E-state index in [4.69, 9.17) is 5.11 Å². The Hall–Kier alpha value is -0.680. The van der Waals surface area contributed by atoms with Crippen molar-refractivity contribution < 1.29 is 14.1 Å². The van der Waals surface area contributed by atoms with Crippen molar-refractivity contribution in [2.24, 2.45) is 5.92 Å². The predicted molar refractivity (Wildman–Crippen MR) is 77.2 cm³/mol. The van der Waals surface area contributed by atoms with Crippen LogP contribution in [0.2, 0.25) is 0 Å². The van der Waals surface area contributed by atoms with Crippen molar-refractivity contribution >= 4 is 32.7 Å². The molecule has 100 valence electrons. The highest BCUT2D eigenvalue weighted by molar-refractivity contribution is 9.10. The van der Waals surface area contributed by atoms with Crippen LogP contribution in [0.5, 0.6) is 0 Å². The molecule has 0 saturated carbocycles. The van der Waals surface area contributed by atoms with Crippen LogP contribution in [0.4, 0.5) is 0 Å². The molecule has 1 aromatic carbocycles. The minimum absolute atomic E-state index is 0.121. The summed E-state index contributed by atoms with van der Waals surface area (Å²) >= 11 is 3.33. The summed E-state index contributed by atoms with van der Waals surface area (Å²) in [7, 11) is -0.951. The summed E-state index contributed by atoms with van der Waals surface area (Å²) in [5.41, 5.74) is 1.11. The van der Waals surface area contributed by atoms with Gasteiger partial charge in [-0.3, -0.25) is 4.21 Å². The molecule has 0 aliphatic carbocycles. The maximum Gasteiger partial charge on any atom is 0.335 e. The average molecular weight is 333 g/mol. The summed E-state index contributed by atoms with van der Waals surface area (Å²) in [4.78, 5) is 10.8. The lowest BCUT2D eigenvalue weighted by molar-refractivity contribution is 0.0697. The Bertz CT molecular complexity index is 471. The summed E-state index contributed by atoms with van der Waals surface area (Å²) < 4.78 is 12.8. The van der Waals surface area contributed by atoms with Gasteiger partial charge in [0, 0.05) is 26.3 Å². The Kier molecular flexibility index (Phi) is 5.53. The summed E-state index contributed by atoms with van der Waals surface area (Å²) in [5, 5.41) is 8.98. The molecule has 0 aliphatic rings. The van der Waals surface area contributed by atoms with E-state index < -0.39 is 16.8 Å². The fourth-order valence-corrected chi connectivity index (χ4v) is 3.52. The molecule has 0 amide bonds. The number of carboxylic acid groups (broad SMARTS) is 1. The summed E-state index contributed by atoms with van der Waals surface area (Å²) in [5.74, 6) is -0.151. The van der Waals surface area contributed by atoms with Gasteiger partial charge >= 0.3 is 5.97 Å². The minimum Gasteiger partial charge on any atom is -0.478 e. The van der Waals surface area contributed by atoms with Crippen molar-refractivity contribution in [3.8, 4) is 0 Å². The van der Waals surface area contributed by atoms with Gasteiger partial charge in [0.05, 0.1) is 5.56 Å². The van der Waals surface area contributed by atoms with E-state index in [-0.39, 0.29) is 10.8 Å². The van der Waals surface area contributed by atoms with Gasteiger partial charge in [0.25, 0.3) is 0 Å². The zero-order valence-electron chi connectivity index (χ0n) is 10.6. The van der Waals surface area contributed by atoms with E-state index in [9.17, 15) is 9.00 Å². The van der Waals surface area contributed by atoms with Crippen molar-refractivity contribution in [1.82, 2.24) is 0 Å². The third kappa shape index (κ3) is 3.92. The molecule has 1 aromatic rings. The Labute approximate surface area is 118 Å². The van der Waals surface area contributed by atoms with E-state index in [1.54, 1.807) is 18.2 Å². The van der Waals surface area contributed by atoms with Gasteiger partial charge in [0.15, 0.2) is 0 Å². The normalized spacial score (nSPS) is 14.5. The first-order valence-corrected chi connectivity index (χ1v) is 7.89. The van der Waals surface area contributed by atoms with Crippen LogP contribution < -0.4 is 0 Å². The highest BCUT2D eigenvalue weighted by Crippen LogP contribution is 2.22. The highest BCUT2D eigenvalue weighted by Gasteiger charge is 2.17. The molecule has 0 aromatic heterocycles. The molecular formula is C13H17BrO3S. The van der Waals surface area contributed by atoms with Crippen LogP contribution in [0, 0.1) is 5.92 Å². The van der Waals surface area contributed by atoms with Crippen LogP contribution in [0.15, 0.2) is 22.7 Å². The first-order valence-electron chi connectivity index (χ1n) is 5.71. The number of rotatable bonds is 5. The summed E-state index contributed by atoms with van der Waals surface area (Å²) in [6.45, 7) is 6.07. The van der Waals surface area contributed by atoms with E-state index in [1.165, 1.54) is 0 Å². The third-order valence-electron chi connectivity index (χ3n) is 2.95. The molecule has 0 saturated heterocycles. The molecule has 3 nitrogen and oxygen atoms in total. The molecule has 0 heterocycles. The van der Waals surface area contributed by atoms with Gasteiger partial charge in [0.1, 0.15) is 0 Å². The number of carboxylic acids is 1. The second-order valence-corrected chi connectivity index (χ2v) is 7.23. The molecule has 0 aliphatic heterocycles. The van der Waals surface area contributed by atoms with Crippen molar-refractivity contribution in [2.45, 2.75) is 31.8 Å². The molecule has 2 atom stereocenters. The molecule has 0 radical (unpaired) electrons. The Balaban J connectivity index is 2.86. The van der Waals surface area contributed by atoms with Crippen LogP contribution >= 0.6 is 15.9 Å². The Morgan fingerprint density at radius 1 is 1.39 bits per heavy atom. The topological polar surface area (TPSA) is 54.4 Å². The van der Waals surface area contributed by atoms with Gasteiger partial charge in [0.2, 0.25) is 0 Å². The molecule has 0 spiro atoms. The van der Waals surface area contributed by atoms with Crippen molar-refractivity contribution in [1.29, 1.82) is 0 Å². The van der Waals surface area contributed by atoms with Crippen LogP contribution in [-0.4, -0.2) is 20.5 Å². The second kappa shape index (κ2) is 6.48. The Morgan fingerprint density at radius 2 is 2.00 bits per heavy atom. The van der Waals surface area contributed by atoms with E-state index in [0.29, 0.717) is 16.1 Å². The van der Waals surface area contributed by atoms with Gasteiger partial charge in [-0.25, -0.2) is 4.79 Å². The smallest absolute Gasteiger partial charge is 0.335 e. The van der Waals surface area contributed by atoms with E-state index in [0.717, 1.165) is 5.56 Å². The van der Waals surface area contributed by atoms with Gasteiger partial charge in [-0.15, -0.1) is 0 Å². The first-order chi connectivity index (χ1) is 8.32. The van der Waals surface area contributed by atoms with E-state index in [2.05, 4.69) is 15.9 Å². The zero-order valence-corrected chi connectivity index (χ0v) is 13.0. The second-order valence-electron chi connectivity index (χ2n) is 4.59. The van der Waals surface area contributed by atoms with Crippen molar-refractivity contribution in [3.63, 3.8) is 0 Å². The number of carbonyl (C=O) groups is 1. The SMILES string of the molecule is CC(C)C(C)S(=O)Cc1ccc(C(=O)O)cc1Br. The summed E-state index contributed by atoms with van der Waals surface area (Å²) in [6.07, 6.45) is 0. The first kappa shape index (κ1) is 15.4. The number of halogens is 1. The average Bonchev–Trinajstić information content (AvgIpc) is 2.30. The Morgan fingerprint density at radius 3 is 2.44 bits per heavy atom. The number of hydrogen-bond donors (Lipinski definition) is 1. The van der Waals surface area contributed by atoms with Gasteiger partial charge < -0.3 is 5.11 Å². The maximum atomic E-state index is 12.1. The third-order valence-corrected chi connectivity index (χ3v) is 5.66. The summed E-state index contributed by atoms with van der Waals surface area (Å²) in [6, 6.07) is 4.81. The fraction of sp³-hybridized carbons (Fsp3) is 0.462. The van der Waals surface area contributed by atoms with Crippen LogP contribution in [0.3, 0.4) is 0 Å². The highest BCUT2D eigenvalue weighted by atomic mass is 79.9. The number of hydrogen-bond acceptors (Lipinski definition) is 2. The molecule has 1 N–H and O–H groups in total. The van der Waals surface area contributed by atoms with E-state index in [1.807, 2.05) is 20.8 Å². The predicted octanol–water partition coefficient (Wildman–Crippen LogP) is 3.44. The van der Waals surface area contributed by atoms with E-state index >= 15 is 0 Å². The quantitative estimate of drug-likeness (QED) is 0.898. The van der Waals surface area contributed by atoms with Crippen LogP contribution in [0.1, 0.15) is 36.7 Å². The molecule has 1 rings (SSSR count). The largest absolute Gasteiger partial charge is 0.478 e. The molecule has 0 fully saturated rings.